The monoisotopic (exact) mass is 328 g/mol. The Balaban J connectivity index is 1.74. The lowest BCUT2D eigenvalue weighted by Crippen LogP contribution is -2.49. The van der Waals surface area contributed by atoms with Crippen molar-refractivity contribution in [3.05, 3.63) is 52.2 Å². The van der Waals surface area contributed by atoms with E-state index in [2.05, 4.69) is 5.32 Å². The highest BCUT2D eigenvalue weighted by Gasteiger charge is 2.32. The summed E-state index contributed by atoms with van der Waals surface area (Å²) in [5.74, 6) is -0.137. The first kappa shape index (κ1) is 15.7. The summed E-state index contributed by atoms with van der Waals surface area (Å²) < 4.78 is 0. The van der Waals surface area contributed by atoms with Crippen molar-refractivity contribution < 1.29 is 9.59 Å². The largest absolute Gasteiger partial charge is 0.326 e. The molecule has 1 aliphatic heterocycles. The second-order valence-corrected chi connectivity index (χ2v) is 6.79. The minimum Gasteiger partial charge on any atom is -0.326 e. The third-order valence-corrected chi connectivity index (χ3v) is 4.98. The fourth-order valence-corrected chi connectivity index (χ4v) is 3.53. The molecule has 1 aromatic heterocycles. The first-order valence-electron chi connectivity index (χ1n) is 7.87. The van der Waals surface area contributed by atoms with E-state index in [1.807, 2.05) is 48.7 Å². The second-order valence-electron chi connectivity index (χ2n) is 5.84. The topological polar surface area (TPSA) is 49.4 Å². The summed E-state index contributed by atoms with van der Waals surface area (Å²) in [5, 5.41) is 4.83. The highest BCUT2D eigenvalue weighted by molar-refractivity contribution is 7.12. The molecule has 120 valence electrons. The van der Waals surface area contributed by atoms with Crippen molar-refractivity contribution >= 4 is 28.8 Å². The standard InChI is InChI=1S/C18H20N2O2S/c1-13-7-9-14(10-8-13)19-17(21)15-5-2-3-11-20(15)18(22)16-6-4-12-23-16/h4,6-10,12,15H,2-3,5,11H2,1H3,(H,19,21). The minimum absolute atomic E-state index is 0.0382. The van der Waals surface area contributed by atoms with E-state index in [1.165, 1.54) is 11.3 Å². The van der Waals surface area contributed by atoms with E-state index in [-0.39, 0.29) is 17.9 Å². The fraction of sp³-hybridized carbons (Fsp3) is 0.333. The van der Waals surface area contributed by atoms with Gasteiger partial charge in [-0.3, -0.25) is 9.59 Å². The summed E-state index contributed by atoms with van der Waals surface area (Å²) >= 11 is 1.42. The molecule has 1 unspecified atom stereocenters. The number of hydrogen-bond acceptors (Lipinski definition) is 3. The zero-order valence-electron chi connectivity index (χ0n) is 13.1. The van der Waals surface area contributed by atoms with Gasteiger partial charge in [0.2, 0.25) is 5.91 Å². The number of thiophene rings is 1. The molecule has 1 atom stereocenters. The van der Waals surface area contributed by atoms with E-state index in [0.29, 0.717) is 11.4 Å². The second kappa shape index (κ2) is 6.96. The van der Waals surface area contributed by atoms with Crippen molar-refractivity contribution in [2.75, 3.05) is 11.9 Å². The maximum atomic E-state index is 12.6. The molecule has 0 bridgehead atoms. The van der Waals surface area contributed by atoms with Crippen molar-refractivity contribution in [2.24, 2.45) is 0 Å². The number of hydrogen-bond donors (Lipinski definition) is 1. The summed E-state index contributed by atoms with van der Waals surface area (Å²) in [6.45, 7) is 2.65. The zero-order valence-corrected chi connectivity index (χ0v) is 13.9. The van der Waals surface area contributed by atoms with Gasteiger partial charge in [-0.05, 0) is 49.8 Å². The number of anilines is 1. The van der Waals surface area contributed by atoms with Gasteiger partial charge in [0.15, 0.2) is 0 Å². The molecular weight excluding hydrogens is 308 g/mol. The van der Waals surface area contributed by atoms with Crippen LogP contribution in [0.2, 0.25) is 0 Å². The highest BCUT2D eigenvalue weighted by atomic mass is 32.1. The molecule has 1 aliphatic rings. The predicted octanol–water partition coefficient (Wildman–Crippen LogP) is 3.69. The molecule has 0 radical (unpaired) electrons. The lowest BCUT2D eigenvalue weighted by atomic mass is 10.0. The quantitative estimate of drug-likeness (QED) is 0.934. The molecular formula is C18H20N2O2S. The molecule has 2 aromatic rings. The third kappa shape index (κ3) is 3.62. The average molecular weight is 328 g/mol. The number of carbonyl (C=O) groups is 2. The Bertz CT molecular complexity index is 680. The number of nitrogens with zero attached hydrogens (tertiary/aromatic N) is 1. The number of amides is 2. The number of rotatable bonds is 3. The van der Waals surface area contributed by atoms with Gasteiger partial charge in [0.25, 0.3) is 5.91 Å². The van der Waals surface area contributed by atoms with Crippen LogP contribution in [0.25, 0.3) is 0 Å². The van der Waals surface area contributed by atoms with Crippen LogP contribution in [0.5, 0.6) is 0 Å². The van der Waals surface area contributed by atoms with Gasteiger partial charge >= 0.3 is 0 Å². The maximum absolute atomic E-state index is 12.6. The zero-order chi connectivity index (χ0) is 16.2. The molecule has 2 heterocycles. The number of nitrogens with one attached hydrogen (secondary N) is 1. The van der Waals surface area contributed by atoms with Gasteiger partial charge < -0.3 is 10.2 Å². The van der Waals surface area contributed by atoms with E-state index >= 15 is 0 Å². The maximum Gasteiger partial charge on any atom is 0.264 e. The van der Waals surface area contributed by atoms with E-state index in [9.17, 15) is 9.59 Å². The number of piperidine rings is 1. The molecule has 1 N–H and O–H groups in total. The summed E-state index contributed by atoms with van der Waals surface area (Å²) in [6, 6.07) is 11.0. The summed E-state index contributed by atoms with van der Waals surface area (Å²) in [7, 11) is 0. The fourth-order valence-electron chi connectivity index (χ4n) is 2.85. The SMILES string of the molecule is Cc1ccc(NC(=O)C2CCCCN2C(=O)c2cccs2)cc1. The smallest absolute Gasteiger partial charge is 0.264 e. The van der Waals surface area contributed by atoms with Gasteiger partial charge in [-0.2, -0.15) is 0 Å². The molecule has 23 heavy (non-hydrogen) atoms. The lowest BCUT2D eigenvalue weighted by molar-refractivity contribution is -0.121. The molecule has 0 aliphatic carbocycles. The van der Waals surface area contributed by atoms with E-state index in [0.717, 1.165) is 30.5 Å². The van der Waals surface area contributed by atoms with Crippen molar-refractivity contribution in [2.45, 2.75) is 32.2 Å². The van der Waals surface area contributed by atoms with Crippen LogP contribution in [0, 0.1) is 6.92 Å². The van der Waals surface area contributed by atoms with Crippen LogP contribution in [0.3, 0.4) is 0 Å². The number of aryl methyl sites for hydroxylation is 1. The summed E-state index contributed by atoms with van der Waals surface area (Å²) in [6.07, 6.45) is 2.64. The van der Waals surface area contributed by atoms with Gasteiger partial charge in [-0.25, -0.2) is 0 Å². The predicted molar refractivity (Wildman–Crippen MR) is 92.8 cm³/mol. The molecule has 3 rings (SSSR count). The van der Waals surface area contributed by atoms with E-state index in [4.69, 9.17) is 0 Å². The number of likely N-dealkylation sites (tertiary alicyclic amines) is 1. The third-order valence-electron chi connectivity index (χ3n) is 4.12. The van der Waals surface area contributed by atoms with Gasteiger partial charge in [0.1, 0.15) is 6.04 Å². The molecule has 5 heteroatoms. The minimum atomic E-state index is -0.389. The lowest BCUT2D eigenvalue weighted by Gasteiger charge is -2.34. The first-order valence-corrected chi connectivity index (χ1v) is 8.75. The average Bonchev–Trinajstić information content (AvgIpc) is 3.11. The van der Waals surface area contributed by atoms with Crippen LogP contribution in [0.4, 0.5) is 5.69 Å². The summed E-state index contributed by atoms with van der Waals surface area (Å²) in [5.41, 5.74) is 1.92. The Morgan fingerprint density at radius 2 is 1.96 bits per heavy atom. The first-order chi connectivity index (χ1) is 11.1. The molecule has 1 fully saturated rings. The highest BCUT2D eigenvalue weighted by Crippen LogP contribution is 2.23. The van der Waals surface area contributed by atoms with Crippen LogP contribution >= 0.6 is 11.3 Å². The Labute approximate surface area is 140 Å². The van der Waals surface area contributed by atoms with Crippen molar-refractivity contribution in [3.8, 4) is 0 Å². The van der Waals surface area contributed by atoms with Crippen LogP contribution < -0.4 is 5.32 Å². The van der Waals surface area contributed by atoms with Crippen molar-refractivity contribution in [1.29, 1.82) is 0 Å². The number of carbonyl (C=O) groups excluding carboxylic acids is 2. The van der Waals surface area contributed by atoms with Gasteiger partial charge in [-0.15, -0.1) is 11.3 Å². The molecule has 0 spiro atoms. The van der Waals surface area contributed by atoms with Crippen molar-refractivity contribution in [1.82, 2.24) is 4.90 Å². The van der Waals surface area contributed by atoms with E-state index < -0.39 is 0 Å². The molecule has 2 amide bonds. The van der Waals surface area contributed by atoms with Crippen LogP contribution in [-0.4, -0.2) is 29.3 Å². The van der Waals surface area contributed by atoms with Gasteiger partial charge in [0, 0.05) is 12.2 Å². The Hall–Kier alpha value is -2.14. The molecule has 4 nitrogen and oxygen atoms in total. The van der Waals surface area contributed by atoms with Crippen LogP contribution in [-0.2, 0) is 4.79 Å². The van der Waals surface area contributed by atoms with Gasteiger partial charge in [-0.1, -0.05) is 23.8 Å². The van der Waals surface area contributed by atoms with Crippen LogP contribution in [0.15, 0.2) is 41.8 Å². The molecule has 1 saturated heterocycles. The van der Waals surface area contributed by atoms with Gasteiger partial charge in [0.05, 0.1) is 4.88 Å². The van der Waals surface area contributed by atoms with E-state index in [1.54, 1.807) is 4.90 Å². The number of benzene rings is 1. The molecule has 1 aromatic carbocycles. The van der Waals surface area contributed by atoms with Crippen LogP contribution in [0.1, 0.15) is 34.5 Å². The Kier molecular flexibility index (Phi) is 4.76. The normalized spacial score (nSPS) is 17.8. The Morgan fingerprint density at radius 3 is 2.65 bits per heavy atom. The Morgan fingerprint density at radius 1 is 1.17 bits per heavy atom. The van der Waals surface area contributed by atoms with Crippen molar-refractivity contribution in [3.63, 3.8) is 0 Å². The molecule has 0 saturated carbocycles. The summed E-state index contributed by atoms with van der Waals surface area (Å²) in [4.78, 5) is 27.7.